The highest BCUT2D eigenvalue weighted by molar-refractivity contribution is 7.12. The normalized spacial score (nSPS) is 12.4. The van der Waals surface area contributed by atoms with E-state index < -0.39 is 5.97 Å². The van der Waals surface area contributed by atoms with Crippen molar-refractivity contribution in [2.75, 3.05) is 7.05 Å². The van der Waals surface area contributed by atoms with E-state index in [-0.39, 0.29) is 6.04 Å². The summed E-state index contributed by atoms with van der Waals surface area (Å²) in [5.41, 5.74) is 2.17. The summed E-state index contributed by atoms with van der Waals surface area (Å²) in [7, 11) is 1.91. The highest BCUT2D eigenvalue weighted by Crippen LogP contribution is 2.30. The fourth-order valence-electron chi connectivity index (χ4n) is 1.76. The molecule has 0 aliphatic carbocycles. The largest absolute Gasteiger partial charge is 0.478 e. The van der Waals surface area contributed by atoms with Gasteiger partial charge in [0.25, 0.3) is 0 Å². The zero-order valence-electron chi connectivity index (χ0n) is 11.1. The Morgan fingerprint density at radius 2 is 2.00 bits per heavy atom. The molecule has 2 N–H and O–H groups in total. The second-order valence-corrected chi connectivity index (χ2v) is 5.58. The number of carbonyl (C=O) groups is 1. The van der Waals surface area contributed by atoms with E-state index in [1.165, 1.54) is 0 Å². The fraction of sp³-hybridized carbons (Fsp3) is 0.286. The van der Waals surface area contributed by atoms with E-state index in [1.807, 2.05) is 14.0 Å². The van der Waals surface area contributed by atoms with Crippen molar-refractivity contribution < 1.29 is 9.90 Å². The minimum absolute atomic E-state index is 0.218. The lowest BCUT2D eigenvalue weighted by Crippen LogP contribution is -2.11. The van der Waals surface area contributed by atoms with E-state index >= 15 is 0 Å². The molecule has 19 heavy (non-hydrogen) atoms. The number of benzene rings is 1. The van der Waals surface area contributed by atoms with Crippen molar-refractivity contribution in [3.05, 3.63) is 39.7 Å². The molecule has 0 saturated carbocycles. The summed E-state index contributed by atoms with van der Waals surface area (Å²) in [6.07, 6.45) is 0. The Labute approximate surface area is 116 Å². The Balaban J connectivity index is 2.36. The molecular formula is C14H16N2O2S. The third kappa shape index (κ3) is 2.83. The van der Waals surface area contributed by atoms with Gasteiger partial charge < -0.3 is 10.4 Å². The number of nitrogens with zero attached hydrogens (tertiary/aromatic N) is 1. The number of hydrogen-bond acceptors (Lipinski definition) is 4. The van der Waals surface area contributed by atoms with E-state index in [9.17, 15) is 4.79 Å². The first kappa shape index (κ1) is 13.7. The van der Waals surface area contributed by atoms with Gasteiger partial charge in [0.1, 0.15) is 5.01 Å². The number of hydrogen-bond donors (Lipinski definition) is 2. The number of carboxylic acids is 1. The number of rotatable bonds is 4. The lowest BCUT2D eigenvalue weighted by molar-refractivity contribution is 0.0697. The lowest BCUT2D eigenvalue weighted by atomic mass is 10.1. The molecule has 2 aromatic rings. The Morgan fingerprint density at radius 1 is 1.37 bits per heavy atom. The number of thiazole rings is 1. The molecule has 0 aliphatic rings. The standard InChI is InChI=1S/C14H16N2O2S/c1-8(15-3)13-16-12(9(2)19-13)10-4-6-11(7-5-10)14(17)18/h4-8,15H,1-3H3,(H,17,18). The van der Waals surface area contributed by atoms with Gasteiger partial charge in [0.15, 0.2) is 0 Å². The molecule has 100 valence electrons. The molecule has 1 aromatic heterocycles. The van der Waals surface area contributed by atoms with Crippen molar-refractivity contribution in [2.45, 2.75) is 19.9 Å². The van der Waals surface area contributed by atoms with Crippen LogP contribution in [0.3, 0.4) is 0 Å². The number of carboxylic acid groups (broad SMARTS) is 1. The molecule has 1 unspecified atom stereocenters. The Morgan fingerprint density at radius 3 is 2.53 bits per heavy atom. The first-order valence-corrected chi connectivity index (χ1v) is 6.83. The van der Waals surface area contributed by atoms with Crippen molar-refractivity contribution in [2.24, 2.45) is 0 Å². The van der Waals surface area contributed by atoms with Crippen molar-refractivity contribution in [1.29, 1.82) is 0 Å². The zero-order valence-corrected chi connectivity index (χ0v) is 11.9. The van der Waals surface area contributed by atoms with Crippen molar-refractivity contribution in [1.82, 2.24) is 10.3 Å². The average molecular weight is 276 g/mol. The molecule has 0 radical (unpaired) electrons. The Hall–Kier alpha value is -1.72. The molecule has 0 amide bonds. The van der Waals surface area contributed by atoms with Crippen LogP contribution < -0.4 is 5.32 Å². The second kappa shape index (κ2) is 5.50. The van der Waals surface area contributed by atoms with E-state index in [2.05, 4.69) is 17.2 Å². The minimum Gasteiger partial charge on any atom is -0.478 e. The third-order valence-corrected chi connectivity index (χ3v) is 4.18. The Bertz CT molecular complexity index is 590. The molecular weight excluding hydrogens is 260 g/mol. The van der Waals surface area contributed by atoms with Gasteiger partial charge in [-0.15, -0.1) is 11.3 Å². The van der Waals surface area contributed by atoms with Gasteiger partial charge in [-0.05, 0) is 33.0 Å². The third-order valence-electron chi connectivity index (χ3n) is 3.02. The fourth-order valence-corrected chi connectivity index (χ4v) is 2.77. The van der Waals surface area contributed by atoms with Crippen molar-refractivity contribution in [3.8, 4) is 11.3 Å². The summed E-state index contributed by atoms with van der Waals surface area (Å²) >= 11 is 1.66. The quantitative estimate of drug-likeness (QED) is 0.900. The SMILES string of the molecule is CNC(C)c1nc(-c2ccc(C(=O)O)cc2)c(C)s1. The summed E-state index contributed by atoms with van der Waals surface area (Å²) < 4.78 is 0. The predicted octanol–water partition coefficient (Wildman–Crippen LogP) is 3.10. The molecule has 0 aliphatic heterocycles. The van der Waals surface area contributed by atoms with Gasteiger partial charge in [0.05, 0.1) is 17.3 Å². The van der Waals surface area contributed by atoms with Crippen molar-refractivity contribution >= 4 is 17.3 Å². The number of aromatic nitrogens is 1. The van der Waals surface area contributed by atoms with Gasteiger partial charge in [-0.25, -0.2) is 9.78 Å². The van der Waals surface area contributed by atoms with Crippen LogP contribution in [-0.4, -0.2) is 23.1 Å². The monoisotopic (exact) mass is 276 g/mol. The molecule has 1 atom stereocenters. The lowest BCUT2D eigenvalue weighted by Gasteiger charge is -2.04. The van der Waals surface area contributed by atoms with Gasteiger partial charge >= 0.3 is 5.97 Å². The number of aryl methyl sites for hydroxylation is 1. The molecule has 4 nitrogen and oxygen atoms in total. The van der Waals surface area contributed by atoms with Gasteiger partial charge in [-0.3, -0.25) is 0 Å². The van der Waals surface area contributed by atoms with Crippen LogP contribution in [0.5, 0.6) is 0 Å². The summed E-state index contributed by atoms with van der Waals surface area (Å²) in [5.74, 6) is -0.911. The number of aromatic carboxylic acids is 1. The van der Waals surface area contributed by atoms with Crippen LogP contribution in [0.4, 0.5) is 0 Å². The minimum atomic E-state index is -0.911. The van der Waals surface area contributed by atoms with Crippen LogP contribution in [0.15, 0.2) is 24.3 Å². The van der Waals surface area contributed by atoms with Gasteiger partial charge in [0, 0.05) is 10.4 Å². The van der Waals surface area contributed by atoms with Crippen LogP contribution in [0.25, 0.3) is 11.3 Å². The Kier molecular flexibility index (Phi) is 3.97. The van der Waals surface area contributed by atoms with Gasteiger partial charge in [-0.2, -0.15) is 0 Å². The molecule has 1 aromatic carbocycles. The molecule has 2 rings (SSSR count). The van der Waals surface area contributed by atoms with Gasteiger partial charge in [0.2, 0.25) is 0 Å². The summed E-state index contributed by atoms with van der Waals surface area (Å²) in [6.45, 7) is 4.10. The average Bonchev–Trinajstić information content (AvgIpc) is 2.80. The van der Waals surface area contributed by atoms with Crippen molar-refractivity contribution in [3.63, 3.8) is 0 Å². The van der Waals surface area contributed by atoms with Crippen LogP contribution >= 0.6 is 11.3 Å². The van der Waals surface area contributed by atoms with Crippen LogP contribution in [-0.2, 0) is 0 Å². The molecule has 1 heterocycles. The maximum Gasteiger partial charge on any atom is 0.335 e. The van der Waals surface area contributed by atoms with E-state index in [1.54, 1.807) is 35.6 Å². The van der Waals surface area contributed by atoms with E-state index in [4.69, 9.17) is 5.11 Å². The maximum atomic E-state index is 10.8. The smallest absolute Gasteiger partial charge is 0.335 e. The van der Waals surface area contributed by atoms with Gasteiger partial charge in [-0.1, -0.05) is 12.1 Å². The molecule has 0 bridgehead atoms. The second-order valence-electron chi connectivity index (χ2n) is 4.35. The summed E-state index contributed by atoms with van der Waals surface area (Å²) in [6, 6.07) is 7.05. The summed E-state index contributed by atoms with van der Waals surface area (Å²) in [4.78, 5) is 16.6. The first-order valence-electron chi connectivity index (χ1n) is 6.01. The predicted molar refractivity (Wildman–Crippen MR) is 76.7 cm³/mol. The molecule has 0 fully saturated rings. The van der Waals surface area contributed by atoms with Crippen LogP contribution in [0, 0.1) is 6.92 Å². The topological polar surface area (TPSA) is 62.2 Å². The zero-order chi connectivity index (χ0) is 14.0. The molecule has 0 saturated heterocycles. The highest BCUT2D eigenvalue weighted by Gasteiger charge is 2.14. The number of nitrogens with one attached hydrogen (secondary N) is 1. The van der Waals surface area contributed by atoms with Crippen LogP contribution in [0.1, 0.15) is 33.2 Å². The van der Waals surface area contributed by atoms with E-state index in [0.29, 0.717) is 5.56 Å². The van der Waals surface area contributed by atoms with Crippen LogP contribution in [0.2, 0.25) is 0 Å². The maximum absolute atomic E-state index is 10.8. The van der Waals surface area contributed by atoms with E-state index in [0.717, 1.165) is 21.1 Å². The first-order chi connectivity index (χ1) is 9.02. The summed E-state index contributed by atoms with van der Waals surface area (Å²) in [5, 5.41) is 13.1. The molecule has 0 spiro atoms. The molecule has 5 heteroatoms. The highest BCUT2D eigenvalue weighted by atomic mass is 32.1.